The van der Waals surface area contributed by atoms with Crippen LogP contribution in [0.1, 0.15) is 32.6 Å². The minimum absolute atomic E-state index is 0.0732. The Labute approximate surface area is 127 Å². The SMILES string of the molecule is C=C(C)C(=O)OCCC(=O)CCCC[Si](OC)(OC)OC. The van der Waals surface area contributed by atoms with Gasteiger partial charge < -0.3 is 18.0 Å². The number of unbranched alkanes of at least 4 members (excludes halogenated alkanes) is 1. The maximum Gasteiger partial charge on any atom is 0.500 e. The van der Waals surface area contributed by atoms with Gasteiger partial charge in [-0.25, -0.2) is 4.79 Å². The van der Waals surface area contributed by atoms with E-state index in [4.69, 9.17) is 18.0 Å². The summed E-state index contributed by atoms with van der Waals surface area (Å²) in [5.74, 6) is -0.386. The van der Waals surface area contributed by atoms with Crippen molar-refractivity contribution >= 4 is 20.6 Å². The van der Waals surface area contributed by atoms with Crippen LogP contribution in [0.4, 0.5) is 0 Å². The van der Waals surface area contributed by atoms with E-state index < -0.39 is 14.8 Å². The molecule has 7 heteroatoms. The van der Waals surface area contributed by atoms with Gasteiger partial charge in [0.05, 0.1) is 6.61 Å². The Hall–Kier alpha value is -1.02. The Morgan fingerprint density at radius 3 is 2.05 bits per heavy atom. The van der Waals surface area contributed by atoms with E-state index in [0.29, 0.717) is 18.0 Å². The lowest BCUT2D eigenvalue weighted by Gasteiger charge is -2.24. The molecule has 0 amide bonds. The molecule has 0 saturated carbocycles. The Morgan fingerprint density at radius 2 is 1.57 bits per heavy atom. The van der Waals surface area contributed by atoms with Crippen molar-refractivity contribution in [2.45, 2.75) is 38.7 Å². The maximum atomic E-state index is 11.6. The summed E-state index contributed by atoms with van der Waals surface area (Å²) in [5.41, 5.74) is 0.336. The van der Waals surface area contributed by atoms with Gasteiger partial charge in [-0.3, -0.25) is 4.79 Å². The van der Waals surface area contributed by atoms with Crippen molar-refractivity contribution in [2.75, 3.05) is 27.9 Å². The van der Waals surface area contributed by atoms with Crippen LogP contribution in [0.3, 0.4) is 0 Å². The first-order valence-electron chi connectivity index (χ1n) is 6.90. The molecule has 0 saturated heterocycles. The third-order valence-electron chi connectivity index (χ3n) is 3.08. The summed E-state index contributed by atoms with van der Waals surface area (Å²) >= 11 is 0. The van der Waals surface area contributed by atoms with Gasteiger partial charge >= 0.3 is 14.8 Å². The van der Waals surface area contributed by atoms with Gasteiger partial charge in [-0.15, -0.1) is 0 Å². The molecule has 21 heavy (non-hydrogen) atoms. The summed E-state index contributed by atoms with van der Waals surface area (Å²) in [5, 5.41) is 0. The molecule has 0 fully saturated rings. The molecule has 0 aromatic rings. The smallest absolute Gasteiger partial charge is 0.462 e. The van der Waals surface area contributed by atoms with Crippen LogP contribution >= 0.6 is 0 Å². The molecule has 122 valence electrons. The lowest BCUT2D eigenvalue weighted by Crippen LogP contribution is -2.42. The molecule has 0 N–H and O–H groups in total. The van der Waals surface area contributed by atoms with Gasteiger partial charge in [0.25, 0.3) is 0 Å². The summed E-state index contributed by atoms with van der Waals surface area (Å²) in [6.45, 7) is 5.15. The molecular formula is C14H26O6Si. The van der Waals surface area contributed by atoms with Gasteiger partial charge in [-0.05, 0) is 19.8 Å². The largest absolute Gasteiger partial charge is 0.500 e. The van der Waals surface area contributed by atoms with Crippen molar-refractivity contribution in [1.82, 2.24) is 0 Å². The molecule has 0 unspecified atom stereocenters. The van der Waals surface area contributed by atoms with Gasteiger partial charge in [0.2, 0.25) is 0 Å². The quantitative estimate of drug-likeness (QED) is 0.237. The maximum absolute atomic E-state index is 11.6. The van der Waals surface area contributed by atoms with Gasteiger partial charge in [-0.2, -0.15) is 0 Å². The number of carbonyl (C=O) groups is 2. The van der Waals surface area contributed by atoms with Crippen LogP contribution in [-0.2, 0) is 27.6 Å². The zero-order valence-corrected chi connectivity index (χ0v) is 14.4. The standard InChI is InChI=1S/C14H26O6Si/c1-12(2)14(16)20-10-9-13(15)8-6-7-11-21(17-3,18-4)19-5/h1,6-11H2,2-5H3. The molecule has 0 aromatic heterocycles. The van der Waals surface area contributed by atoms with Crippen LogP contribution in [0.15, 0.2) is 12.2 Å². The number of carbonyl (C=O) groups excluding carboxylic acids is 2. The molecule has 0 radical (unpaired) electrons. The lowest BCUT2D eigenvalue weighted by molar-refractivity contribution is -0.139. The Morgan fingerprint density at radius 1 is 1.00 bits per heavy atom. The highest BCUT2D eigenvalue weighted by Crippen LogP contribution is 2.17. The first kappa shape index (κ1) is 20.0. The Kier molecular flexibility index (Phi) is 10.1. The number of esters is 1. The summed E-state index contributed by atoms with van der Waals surface area (Å²) in [6, 6.07) is 0.675. The predicted octanol–water partition coefficient (Wildman–Crippen LogP) is 2.11. The second-order valence-electron chi connectivity index (χ2n) is 4.71. The van der Waals surface area contributed by atoms with Crippen LogP contribution in [0, 0.1) is 0 Å². The average molecular weight is 318 g/mol. The van der Waals surface area contributed by atoms with E-state index >= 15 is 0 Å². The van der Waals surface area contributed by atoms with E-state index in [9.17, 15) is 9.59 Å². The zero-order chi connectivity index (χ0) is 16.3. The summed E-state index contributed by atoms with van der Waals surface area (Å²) in [6.07, 6.45) is 2.21. The van der Waals surface area contributed by atoms with Crippen LogP contribution in [0.2, 0.25) is 6.04 Å². The molecule has 0 aliphatic heterocycles. The van der Waals surface area contributed by atoms with Crippen LogP contribution < -0.4 is 0 Å². The summed E-state index contributed by atoms with van der Waals surface area (Å²) < 4.78 is 20.8. The number of hydrogen-bond donors (Lipinski definition) is 0. The topological polar surface area (TPSA) is 71.1 Å². The number of rotatable bonds is 12. The molecule has 0 spiro atoms. The fraction of sp³-hybridized carbons (Fsp3) is 0.714. The van der Waals surface area contributed by atoms with Gasteiger partial charge in [0, 0.05) is 45.8 Å². The zero-order valence-electron chi connectivity index (χ0n) is 13.4. The third kappa shape index (κ3) is 8.11. The highest BCUT2D eigenvalue weighted by Gasteiger charge is 2.36. The van der Waals surface area contributed by atoms with Crippen molar-refractivity contribution in [1.29, 1.82) is 0 Å². The van der Waals surface area contributed by atoms with Crippen molar-refractivity contribution in [2.24, 2.45) is 0 Å². The van der Waals surface area contributed by atoms with Crippen molar-refractivity contribution in [3.05, 3.63) is 12.2 Å². The summed E-state index contributed by atoms with van der Waals surface area (Å²) in [4.78, 5) is 22.8. The van der Waals surface area contributed by atoms with Gasteiger partial charge in [-0.1, -0.05) is 6.58 Å². The summed E-state index contributed by atoms with van der Waals surface area (Å²) in [7, 11) is 2.18. The Bertz CT molecular complexity index is 343. The number of Topliss-reactive ketones (excluding diaryl/α,β-unsaturated/α-hetero) is 1. The van der Waals surface area contributed by atoms with Crippen LogP contribution in [0.5, 0.6) is 0 Å². The molecular weight excluding hydrogens is 292 g/mol. The molecule has 0 atom stereocenters. The predicted molar refractivity (Wildman–Crippen MR) is 80.8 cm³/mol. The lowest BCUT2D eigenvalue weighted by atomic mass is 10.1. The molecule has 0 aliphatic carbocycles. The fourth-order valence-corrected chi connectivity index (χ4v) is 3.52. The highest BCUT2D eigenvalue weighted by atomic mass is 28.4. The monoisotopic (exact) mass is 318 g/mol. The molecule has 0 rings (SSSR count). The first-order valence-corrected chi connectivity index (χ1v) is 8.83. The highest BCUT2D eigenvalue weighted by molar-refractivity contribution is 6.60. The van der Waals surface area contributed by atoms with Gasteiger partial charge in [0.15, 0.2) is 0 Å². The first-order chi connectivity index (χ1) is 9.90. The minimum Gasteiger partial charge on any atom is -0.462 e. The second-order valence-corrected chi connectivity index (χ2v) is 7.80. The molecule has 6 nitrogen and oxygen atoms in total. The van der Waals surface area contributed by atoms with E-state index in [-0.39, 0.29) is 18.8 Å². The number of hydrogen-bond acceptors (Lipinski definition) is 6. The van der Waals surface area contributed by atoms with Crippen LogP contribution in [0.25, 0.3) is 0 Å². The van der Waals surface area contributed by atoms with Gasteiger partial charge in [0.1, 0.15) is 5.78 Å². The van der Waals surface area contributed by atoms with E-state index in [1.807, 2.05) is 0 Å². The number of ketones is 1. The Balaban J connectivity index is 3.80. The van der Waals surface area contributed by atoms with Crippen LogP contribution in [-0.4, -0.2) is 48.5 Å². The van der Waals surface area contributed by atoms with Crippen molar-refractivity contribution < 1.29 is 27.6 Å². The second kappa shape index (κ2) is 10.7. The molecule has 0 aliphatic rings. The molecule has 0 bridgehead atoms. The van der Waals surface area contributed by atoms with E-state index in [2.05, 4.69) is 6.58 Å². The van der Waals surface area contributed by atoms with Crippen molar-refractivity contribution in [3.8, 4) is 0 Å². The molecule has 0 aromatic carbocycles. The minimum atomic E-state index is -2.53. The van der Waals surface area contributed by atoms with Crippen molar-refractivity contribution in [3.63, 3.8) is 0 Å². The normalized spacial score (nSPS) is 11.2. The average Bonchev–Trinajstić information content (AvgIpc) is 2.48. The molecule has 0 heterocycles. The van der Waals surface area contributed by atoms with E-state index in [1.165, 1.54) is 0 Å². The fourth-order valence-electron chi connectivity index (χ4n) is 1.73. The number of ether oxygens (including phenoxy) is 1. The van der Waals surface area contributed by atoms with E-state index in [0.717, 1.165) is 12.8 Å². The van der Waals surface area contributed by atoms with E-state index in [1.54, 1.807) is 28.3 Å². The third-order valence-corrected chi connectivity index (χ3v) is 5.92.